The predicted molar refractivity (Wildman–Crippen MR) is 131 cm³/mol. The zero-order chi connectivity index (χ0) is 21.7. The van der Waals surface area contributed by atoms with Crippen LogP contribution in [0, 0.1) is 6.92 Å². The monoisotopic (exact) mass is 483 g/mol. The van der Waals surface area contributed by atoms with Crippen molar-refractivity contribution in [3.05, 3.63) is 47.0 Å². The number of aryl methyl sites for hydroxylation is 1. The first kappa shape index (κ1) is 25.2. The second-order valence-corrected chi connectivity index (χ2v) is 8.56. The molecule has 0 radical (unpaired) electrons. The molecule has 0 aliphatic rings. The Balaban J connectivity index is 0.00000341. The highest BCUT2D eigenvalue weighted by molar-refractivity contribution is 7.23. The number of rotatable bonds is 9. The van der Waals surface area contributed by atoms with Crippen molar-refractivity contribution in [2.75, 3.05) is 45.8 Å². The minimum atomic E-state index is -0.147. The third-order valence-corrected chi connectivity index (χ3v) is 6.17. The molecule has 0 saturated carbocycles. The highest BCUT2D eigenvalue weighted by Crippen LogP contribution is 2.38. The largest absolute Gasteiger partial charge is 0.494 e. The van der Waals surface area contributed by atoms with Crippen LogP contribution in [0.2, 0.25) is 5.02 Å². The molecule has 0 saturated heterocycles. The number of fused-ring (bicyclic) bond motifs is 1. The number of hydrogen-bond donors (Lipinski definition) is 0. The van der Waals surface area contributed by atoms with E-state index in [9.17, 15) is 4.79 Å². The fourth-order valence-corrected chi connectivity index (χ4v) is 4.33. The van der Waals surface area contributed by atoms with E-state index in [1.807, 2.05) is 45.3 Å². The molecule has 9 heteroatoms. The summed E-state index contributed by atoms with van der Waals surface area (Å²) in [6.07, 6.45) is 0.809. The lowest BCUT2D eigenvalue weighted by atomic mass is 10.2. The van der Waals surface area contributed by atoms with Crippen LogP contribution in [-0.2, 0) is 4.79 Å². The first-order chi connectivity index (χ1) is 14.4. The highest BCUT2D eigenvalue weighted by Gasteiger charge is 2.22. The van der Waals surface area contributed by atoms with Crippen molar-refractivity contribution >= 4 is 56.6 Å². The highest BCUT2D eigenvalue weighted by atomic mass is 35.5. The van der Waals surface area contributed by atoms with Gasteiger partial charge in [-0.25, -0.2) is 4.98 Å². The van der Waals surface area contributed by atoms with Gasteiger partial charge in [-0.05, 0) is 57.7 Å². The Morgan fingerprint density at radius 1 is 1.13 bits per heavy atom. The summed E-state index contributed by atoms with van der Waals surface area (Å²) in [6, 6.07) is 11.2. The summed E-state index contributed by atoms with van der Waals surface area (Å²) < 4.78 is 12.0. The van der Waals surface area contributed by atoms with Gasteiger partial charge in [0.1, 0.15) is 17.0 Å². The van der Waals surface area contributed by atoms with Gasteiger partial charge in [0.15, 0.2) is 11.7 Å². The van der Waals surface area contributed by atoms with Crippen LogP contribution in [-0.4, -0.2) is 56.7 Å². The van der Waals surface area contributed by atoms with Crippen molar-refractivity contribution in [2.24, 2.45) is 0 Å². The van der Waals surface area contributed by atoms with E-state index in [-0.39, 0.29) is 24.9 Å². The van der Waals surface area contributed by atoms with Crippen molar-refractivity contribution in [1.82, 2.24) is 9.88 Å². The molecular weight excluding hydrogens is 457 g/mol. The van der Waals surface area contributed by atoms with Crippen LogP contribution in [0.1, 0.15) is 12.0 Å². The van der Waals surface area contributed by atoms with Crippen molar-refractivity contribution in [3.63, 3.8) is 0 Å². The lowest BCUT2D eigenvalue weighted by Gasteiger charge is -2.21. The summed E-state index contributed by atoms with van der Waals surface area (Å²) in [7, 11) is 5.61. The van der Waals surface area contributed by atoms with Crippen LogP contribution in [0.4, 0.5) is 5.13 Å². The van der Waals surface area contributed by atoms with E-state index in [1.54, 1.807) is 24.1 Å². The number of ether oxygens (including phenoxy) is 2. The molecule has 168 valence electrons. The van der Waals surface area contributed by atoms with E-state index in [0.29, 0.717) is 33.7 Å². The second kappa shape index (κ2) is 11.5. The lowest BCUT2D eigenvalue weighted by Crippen LogP contribution is -2.36. The molecule has 0 spiro atoms. The van der Waals surface area contributed by atoms with E-state index in [1.165, 1.54) is 11.3 Å². The second-order valence-electron chi connectivity index (χ2n) is 7.18. The number of aromatic nitrogens is 1. The lowest BCUT2D eigenvalue weighted by molar-refractivity contribution is -0.120. The van der Waals surface area contributed by atoms with Gasteiger partial charge in [-0.15, -0.1) is 12.4 Å². The van der Waals surface area contributed by atoms with Crippen molar-refractivity contribution < 1.29 is 14.3 Å². The normalized spacial score (nSPS) is 10.8. The first-order valence-electron chi connectivity index (χ1n) is 9.67. The van der Waals surface area contributed by atoms with Crippen LogP contribution in [0.3, 0.4) is 0 Å². The summed E-state index contributed by atoms with van der Waals surface area (Å²) in [6.45, 7) is 3.29. The Kier molecular flexibility index (Phi) is 9.37. The summed E-state index contributed by atoms with van der Waals surface area (Å²) >= 11 is 7.75. The molecule has 3 rings (SSSR count). The van der Waals surface area contributed by atoms with Gasteiger partial charge in [-0.2, -0.15) is 0 Å². The Morgan fingerprint density at radius 2 is 1.87 bits per heavy atom. The van der Waals surface area contributed by atoms with Gasteiger partial charge in [0.25, 0.3) is 5.91 Å². The fraction of sp³-hybridized carbons (Fsp3) is 0.364. The number of carbonyl (C=O) groups excluding carboxylic acids is 1. The number of halogens is 2. The number of thiazole rings is 1. The molecular formula is C22H27Cl2N3O3S. The molecule has 1 amide bonds. The third kappa shape index (κ3) is 6.23. The maximum atomic E-state index is 13.1. The summed E-state index contributed by atoms with van der Waals surface area (Å²) in [4.78, 5) is 21.6. The SMILES string of the molecule is COc1ccc(Cl)c2sc(N(CCCN(C)C)C(=O)COc3ccccc3C)nc12.Cl. The molecule has 6 nitrogen and oxygen atoms in total. The number of hydrogen-bond acceptors (Lipinski definition) is 6. The Labute approximate surface area is 198 Å². The molecule has 0 atom stereocenters. The number of methoxy groups -OCH3 is 1. The van der Waals surface area contributed by atoms with Crippen LogP contribution in [0.15, 0.2) is 36.4 Å². The maximum absolute atomic E-state index is 13.1. The smallest absolute Gasteiger partial charge is 0.266 e. The molecule has 0 aliphatic carbocycles. The number of amides is 1. The van der Waals surface area contributed by atoms with E-state index in [2.05, 4.69) is 9.88 Å². The van der Waals surface area contributed by atoms with Crippen molar-refractivity contribution in [3.8, 4) is 11.5 Å². The van der Waals surface area contributed by atoms with Crippen molar-refractivity contribution in [2.45, 2.75) is 13.3 Å². The van der Waals surface area contributed by atoms with E-state index in [0.717, 1.165) is 23.2 Å². The van der Waals surface area contributed by atoms with Crippen molar-refractivity contribution in [1.29, 1.82) is 0 Å². The number of nitrogens with zero attached hydrogens (tertiary/aromatic N) is 3. The first-order valence-corrected chi connectivity index (χ1v) is 10.9. The average molecular weight is 484 g/mol. The van der Waals surface area contributed by atoms with E-state index in [4.69, 9.17) is 21.1 Å². The van der Waals surface area contributed by atoms with Crippen LogP contribution in [0.25, 0.3) is 10.2 Å². The summed E-state index contributed by atoms with van der Waals surface area (Å²) in [5, 5.41) is 1.18. The molecule has 3 aromatic rings. The van der Waals surface area contributed by atoms with Gasteiger partial charge in [-0.3, -0.25) is 9.69 Å². The van der Waals surface area contributed by atoms with Crippen LogP contribution < -0.4 is 14.4 Å². The molecule has 0 N–H and O–H groups in total. The number of benzene rings is 2. The van der Waals surface area contributed by atoms with Gasteiger partial charge in [0.05, 0.1) is 16.8 Å². The topological polar surface area (TPSA) is 54.9 Å². The van der Waals surface area contributed by atoms with Crippen LogP contribution in [0.5, 0.6) is 11.5 Å². The van der Waals surface area contributed by atoms with Gasteiger partial charge in [-0.1, -0.05) is 41.1 Å². The minimum absolute atomic E-state index is 0. The number of anilines is 1. The number of para-hydroxylation sites is 1. The zero-order valence-electron chi connectivity index (χ0n) is 18.1. The number of carbonyl (C=O) groups is 1. The van der Waals surface area contributed by atoms with Gasteiger partial charge in [0, 0.05) is 6.54 Å². The minimum Gasteiger partial charge on any atom is -0.494 e. The molecule has 0 bridgehead atoms. The summed E-state index contributed by atoms with van der Waals surface area (Å²) in [5.41, 5.74) is 1.65. The van der Waals surface area contributed by atoms with Gasteiger partial charge < -0.3 is 14.4 Å². The molecule has 31 heavy (non-hydrogen) atoms. The molecule has 0 fully saturated rings. The standard InChI is InChI=1S/C22H26ClN3O3S.ClH/c1-15-8-5-6-9-17(15)29-14-19(27)26(13-7-12-25(2)3)22-24-20-18(28-4)11-10-16(23)21(20)30-22;/h5-6,8-11H,7,12-14H2,1-4H3;1H. The predicted octanol–water partition coefficient (Wildman–Crippen LogP) is 5.05. The fourth-order valence-electron chi connectivity index (χ4n) is 3.03. The molecule has 2 aromatic carbocycles. The van der Waals surface area contributed by atoms with E-state index >= 15 is 0 Å². The molecule has 0 aliphatic heterocycles. The van der Waals surface area contributed by atoms with Gasteiger partial charge >= 0.3 is 0 Å². The Morgan fingerprint density at radius 3 is 2.55 bits per heavy atom. The molecule has 1 aromatic heterocycles. The summed E-state index contributed by atoms with van der Waals surface area (Å²) in [5.74, 6) is 1.19. The average Bonchev–Trinajstić information content (AvgIpc) is 3.16. The van der Waals surface area contributed by atoms with E-state index < -0.39 is 0 Å². The van der Waals surface area contributed by atoms with Crippen LogP contribution >= 0.6 is 35.3 Å². The Bertz CT molecular complexity index is 1030. The molecule has 0 unspecified atom stereocenters. The quantitative estimate of drug-likeness (QED) is 0.426. The third-order valence-electron chi connectivity index (χ3n) is 4.63. The van der Waals surface area contributed by atoms with Gasteiger partial charge in [0.2, 0.25) is 0 Å². The zero-order valence-corrected chi connectivity index (χ0v) is 20.4. The maximum Gasteiger partial charge on any atom is 0.266 e. The Hall–Kier alpha value is -2.06. The molecule has 1 heterocycles.